The van der Waals surface area contributed by atoms with E-state index in [4.69, 9.17) is 4.74 Å². The molecular weight excluding hydrogens is 346 g/mol. The first kappa shape index (κ1) is 19.5. The maximum atomic E-state index is 12.9. The minimum absolute atomic E-state index is 0.250. The van der Waals surface area contributed by atoms with Gasteiger partial charge in [0.05, 0.1) is 11.9 Å². The number of ether oxygens (including phenoxy) is 1. The van der Waals surface area contributed by atoms with Gasteiger partial charge in [0.1, 0.15) is 5.60 Å². The van der Waals surface area contributed by atoms with Gasteiger partial charge in [0, 0.05) is 19.3 Å². The van der Waals surface area contributed by atoms with Crippen LogP contribution in [0.5, 0.6) is 0 Å². The van der Waals surface area contributed by atoms with Gasteiger partial charge in [0.2, 0.25) is 0 Å². The minimum atomic E-state index is -4.11. The number of aryl methyl sites for hydroxylation is 1. The quantitative estimate of drug-likeness (QED) is 0.849. The van der Waals surface area contributed by atoms with E-state index in [0.29, 0.717) is 18.5 Å². The maximum Gasteiger partial charge on any atom is 0.422 e. The molecule has 1 N–H and O–H groups in total. The highest BCUT2D eigenvalue weighted by Crippen LogP contribution is 2.25. The monoisotopic (exact) mass is 373 g/mol. The molecule has 0 bridgehead atoms. The zero-order chi connectivity index (χ0) is 18.8. The second kappa shape index (κ2) is 7.20. The van der Waals surface area contributed by atoms with Crippen LogP contribution in [0.4, 0.5) is 10.5 Å². The number of amides is 1. The Labute approximate surface area is 149 Å². The Morgan fingerprint density at radius 3 is 2.40 bits per heavy atom. The number of carbonyl (C=O) groups excluding carboxylic acids is 1. The number of carbonyl (C=O) groups is 1. The Bertz CT molecular complexity index is 702. The predicted octanol–water partition coefficient (Wildman–Crippen LogP) is 1.09. The summed E-state index contributed by atoms with van der Waals surface area (Å²) in [5, 5.41) is 4.06. The lowest BCUT2D eigenvalue weighted by Crippen LogP contribution is -2.52. The lowest BCUT2D eigenvalue weighted by Gasteiger charge is -2.36. The minimum Gasteiger partial charge on any atom is -0.443 e. The summed E-state index contributed by atoms with van der Waals surface area (Å²) in [7, 11) is -0.403. The van der Waals surface area contributed by atoms with Crippen molar-refractivity contribution < 1.29 is 17.9 Å². The lowest BCUT2D eigenvalue weighted by atomic mass is 10.1. The average molecular weight is 373 g/mol. The van der Waals surface area contributed by atoms with Gasteiger partial charge >= 0.3 is 16.3 Å². The van der Waals surface area contributed by atoms with E-state index in [1.54, 1.807) is 34.0 Å². The molecule has 0 radical (unpaired) electrons. The topological polar surface area (TPSA) is 96.8 Å². The van der Waals surface area contributed by atoms with E-state index in [2.05, 4.69) is 10.00 Å². The summed E-state index contributed by atoms with van der Waals surface area (Å²) in [6.45, 7) is 6.59. The summed E-state index contributed by atoms with van der Waals surface area (Å²) in [5.74, 6) is 0. The molecule has 0 aromatic carbocycles. The number of nitrogens with one attached hydrogen (secondary N) is 1. The molecule has 10 heteroatoms. The molecule has 1 aromatic rings. The van der Waals surface area contributed by atoms with Crippen LogP contribution in [0.1, 0.15) is 33.6 Å². The Morgan fingerprint density at radius 2 is 1.92 bits per heavy atom. The molecule has 9 nitrogen and oxygen atoms in total. The van der Waals surface area contributed by atoms with E-state index in [-0.39, 0.29) is 6.04 Å². The number of anilines is 1. The number of piperidine rings is 1. The van der Waals surface area contributed by atoms with Crippen LogP contribution in [-0.2, 0) is 22.0 Å². The second-order valence-corrected chi connectivity index (χ2v) is 8.86. The summed E-state index contributed by atoms with van der Waals surface area (Å²) in [6, 6.07) is -0.250. The van der Waals surface area contributed by atoms with Crippen LogP contribution in [0.2, 0.25) is 0 Å². The predicted molar refractivity (Wildman–Crippen MR) is 94.5 cm³/mol. The Balaban J connectivity index is 2.26. The van der Waals surface area contributed by atoms with Crippen molar-refractivity contribution in [1.29, 1.82) is 0 Å². The summed E-state index contributed by atoms with van der Waals surface area (Å²) >= 11 is 0. The van der Waals surface area contributed by atoms with Crippen LogP contribution >= 0.6 is 0 Å². The Morgan fingerprint density at radius 1 is 1.32 bits per heavy atom. The van der Waals surface area contributed by atoms with Crippen molar-refractivity contribution in [2.75, 3.05) is 24.4 Å². The van der Waals surface area contributed by atoms with E-state index >= 15 is 0 Å². The lowest BCUT2D eigenvalue weighted by molar-refractivity contribution is 0.0570. The molecule has 1 aliphatic rings. The van der Waals surface area contributed by atoms with Crippen LogP contribution < -0.4 is 9.03 Å². The molecule has 1 fully saturated rings. The number of likely N-dealkylation sites (tertiary alicyclic amines) is 1. The smallest absolute Gasteiger partial charge is 0.422 e. The number of hydrogen-bond acceptors (Lipinski definition) is 6. The molecule has 1 aromatic heterocycles. The molecule has 0 unspecified atom stereocenters. The van der Waals surface area contributed by atoms with E-state index < -0.39 is 21.9 Å². The van der Waals surface area contributed by atoms with Gasteiger partial charge in [-0.1, -0.05) is 0 Å². The molecule has 1 aliphatic heterocycles. The van der Waals surface area contributed by atoms with Crippen molar-refractivity contribution in [3.05, 3.63) is 12.4 Å². The van der Waals surface area contributed by atoms with Crippen molar-refractivity contribution in [1.82, 2.24) is 19.4 Å². The molecule has 25 heavy (non-hydrogen) atoms. The van der Waals surface area contributed by atoms with Gasteiger partial charge in [-0.05, 0) is 53.8 Å². The highest BCUT2D eigenvalue weighted by Gasteiger charge is 2.35. The normalized spacial score (nSPS) is 17.3. The van der Waals surface area contributed by atoms with Gasteiger partial charge in [0.25, 0.3) is 0 Å². The summed E-state index contributed by atoms with van der Waals surface area (Å²) in [5.41, 5.74) is -0.361. The van der Waals surface area contributed by atoms with Crippen LogP contribution in [0, 0.1) is 0 Å². The zero-order valence-corrected chi connectivity index (χ0v) is 16.2. The third kappa shape index (κ3) is 5.33. The van der Waals surface area contributed by atoms with E-state index in [0.717, 1.165) is 13.1 Å². The van der Waals surface area contributed by atoms with E-state index in [1.165, 1.54) is 15.2 Å². The highest BCUT2D eigenvalue weighted by molar-refractivity contribution is 7.91. The average Bonchev–Trinajstić information content (AvgIpc) is 2.84. The third-order valence-electron chi connectivity index (χ3n) is 3.84. The molecule has 2 heterocycles. The summed E-state index contributed by atoms with van der Waals surface area (Å²) < 4.78 is 35.6. The fourth-order valence-corrected chi connectivity index (χ4v) is 4.08. The first-order valence-corrected chi connectivity index (χ1v) is 9.64. The maximum absolute atomic E-state index is 12.9. The molecular formula is C15H27N5O4S. The van der Waals surface area contributed by atoms with Gasteiger partial charge in [-0.2, -0.15) is 13.5 Å². The molecule has 0 spiro atoms. The van der Waals surface area contributed by atoms with Crippen LogP contribution in [-0.4, -0.2) is 61.0 Å². The fourth-order valence-electron chi connectivity index (χ4n) is 2.75. The Hall–Kier alpha value is -1.81. The number of nitrogens with zero attached hydrogens (tertiary/aromatic N) is 4. The summed E-state index contributed by atoms with van der Waals surface area (Å²) in [4.78, 5) is 14.1. The standard InChI is InChI=1S/C15H27N5O4S/c1-15(2,3)24-14(21)17-25(22,23)20(13-10-16-19(5)11-13)12-6-8-18(4)9-7-12/h10-12H,6-9H2,1-5H3,(H,17,21). The molecule has 0 atom stereocenters. The van der Waals surface area contributed by atoms with Crippen molar-refractivity contribution in [3.63, 3.8) is 0 Å². The van der Waals surface area contributed by atoms with Gasteiger partial charge < -0.3 is 9.64 Å². The summed E-state index contributed by atoms with van der Waals surface area (Å²) in [6.07, 6.45) is 3.44. The van der Waals surface area contributed by atoms with Crippen molar-refractivity contribution in [2.24, 2.45) is 7.05 Å². The van der Waals surface area contributed by atoms with Crippen LogP contribution in [0.3, 0.4) is 0 Å². The van der Waals surface area contributed by atoms with Gasteiger partial charge in [-0.15, -0.1) is 0 Å². The van der Waals surface area contributed by atoms with Gasteiger partial charge in [-0.3, -0.25) is 4.68 Å². The SMILES string of the molecule is CN1CCC(N(c2cnn(C)c2)S(=O)(=O)NC(=O)OC(C)(C)C)CC1. The second-order valence-electron chi connectivity index (χ2n) is 7.31. The third-order valence-corrected chi connectivity index (χ3v) is 5.29. The zero-order valence-electron chi connectivity index (χ0n) is 15.4. The molecule has 1 amide bonds. The Kier molecular flexibility index (Phi) is 5.62. The van der Waals surface area contributed by atoms with E-state index in [9.17, 15) is 13.2 Å². The van der Waals surface area contributed by atoms with Crippen molar-refractivity contribution >= 4 is 22.0 Å². The number of aromatic nitrogens is 2. The van der Waals surface area contributed by atoms with Gasteiger partial charge in [-0.25, -0.2) is 13.8 Å². The molecule has 0 aliphatic carbocycles. The number of rotatable bonds is 4. The van der Waals surface area contributed by atoms with Crippen LogP contribution in [0.25, 0.3) is 0 Å². The van der Waals surface area contributed by atoms with Gasteiger partial charge in [0.15, 0.2) is 0 Å². The number of hydrogen-bond donors (Lipinski definition) is 1. The van der Waals surface area contributed by atoms with E-state index in [1.807, 2.05) is 11.8 Å². The molecule has 2 rings (SSSR count). The first-order valence-electron chi connectivity index (χ1n) is 8.20. The molecule has 142 valence electrons. The molecule has 1 saturated heterocycles. The fraction of sp³-hybridized carbons (Fsp3) is 0.733. The molecule has 0 saturated carbocycles. The highest BCUT2D eigenvalue weighted by atomic mass is 32.2. The van der Waals surface area contributed by atoms with Crippen LogP contribution in [0.15, 0.2) is 12.4 Å². The first-order chi connectivity index (χ1) is 11.5. The van der Waals surface area contributed by atoms with Crippen molar-refractivity contribution in [2.45, 2.75) is 45.3 Å². The largest absolute Gasteiger partial charge is 0.443 e. The van der Waals surface area contributed by atoms with Crippen molar-refractivity contribution in [3.8, 4) is 0 Å².